The first-order valence-corrected chi connectivity index (χ1v) is 11.3. The zero-order valence-electron chi connectivity index (χ0n) is 15.9. The van der Waals surface area contributed by atoms with Gasteiger partial charge in [0.1, 0.15) is 0 Å². The Morgan fingerprint density at radius 1 is 1.00 bits per heavy atom. The van der Waals surface area contributed by atoms with E-state index in [-0.39, 0.29) is 22.6 Å². The van der Waals surface area contributed by atoms with Crippen LogP contribution in [0.25, 0.3) is 0 Å². The molecule has 1 fully saturated rings. The number of pyridine rings is 1. The summed E-state index contributed by atoms with van der Waals surface area (Å²) in [5, 5.41) is 0. The van der Waals surface area contributed by atoms with Crippen molar-refractivity contribution in [2.45, 2.75) is 29.5 Å². The van der Waals surface area contributed by atoms with Gasteiger partial charge >= 0.3 is 0 Å². The van der Waals surface area contributed by atoms with Crippen LogP contribution < -0.4 is 0 Å². The van der Waals surface area contributed by atoms with Crippen molar-refractivity contribution in [1.82, 2.24) is 9.88 Å². The van der Waals surface area contributed by atoms with Crippen molar-refractivity contribution in [2.24, 2.45) is 0 Å². The molecule has 1 aromatic heterocycles. The molecular weight excluding hydrogens is 384 g/mol. The average molecular weight is 407 g/mol. The Kier molecular flexibility index (Phi) is 5.45. The summed E-state index contributed by atoms with van der Waals surface area (Å²) in [6, 6.07) is 19.2. The number of amides is 1. The number of benzene rings is 2. The highest BCUT2D eigenvalue weighted by atomic mass is 32.2. The maximum absolute atomic E-state index is 13.0. The summed E-state index contributed by atoms with van der Waals surface area (Å²) < 4.78 is 25.3. The number of hydrogen-bond donors (Lipinski definition) is 0. The molecule has 5 nitrogen and oxygen atoms in total. The van der Waals surface area contributed by atoms with Crippen molar-refractivity contribution in [3.8, 4) is 0 Å². The lowest BCUT2D eigenvalue weighted by Gasteiger charge is -2.25. The maximum atomic E-state index is 13.0. The molecule has 0 radical (unpaired) electrons. The van der Waals surface area contributed by atoms with Crippen molar-refractivity contribution >= 4 is 15.7 Å². The van der Waals surface area contributed by atoms with Crippen LogP contribution in [0.1, 0.15) is 40.4 Å². The maximum Gasteiger partial charge on any atom is 0.254 e. The van der Waals surface area contributed by atoms with Crippen LogP contribution in [0.2, 0.25) is 0 Å². The third kappa shape index (κ3) is 4.22. The van der Waals surface area contributed by atoms with Crippen LogP contribution in [0.3, 0.4) is 0 Å². The first-order valence-electron chi connectivity index (χ1n) is 9.62. The predicted octanol–water partition coefficient (Wildman–Crippen LogP) is 4.03. The van der Waals surface area contributed by atoms with Crippen molar-refractivity contribution in [2.75, 3.05) is 6.54 Å². The zero-order chi connectivity index (χ0) is 20.3. The van der Waals surface area contributed by atoms with Gasteiger partial charge in [0.25, 0.3) is 5.91 Å². The van der Waals surface area contributed by atoms with Gasteiger partial charge in [0.2, 0.25) is 0 Å². The van der Waals surface area contributed by atoms with Gasteiger partial charge in [-0.05, 0) is 54.3 Å². The number of aromatic nitrogens is 1. The van der Waals surface area contributed by atoms with E-state index in [1.165, 1.54) is 12.1 Å². The Bertz CT molecular complexity index is 1080. The lowest BCUT2D eigenvalue weighted by Crippen LogP contribution is -2.30. The van der Waals surface area contributed by atoms with Crippen LogP contribution in [0.5, 0.6) is 0 Å². The number of rotatable bonds is 5. The molecule has 1 aliphatic heterocycles. The molecule has 148 valence electrons. The number of carbonyl (C=O) groups is 1. The molecule has 1 aliphatic rings. The molecule has 0 spiro atoms. The lowest BCUT2D eigenvalue weighted by atomic mass is 10.1. The molecule has 2 aromatic carbocycles. The van der Waals surface area contributed by atoms with Crippen LogP contribution in [-0.4, -0.2) is 30.8 Å². The Labute approximate surface area is 170 Å². The van der Waals surface area contributed by atoms with E-state index in [1.807, 2.05) is 35.2 Å². The van der Waals surface area contributed by atoms with E-state index >= 15 is 0 Å². The molecule has 0 aliphatic carbocycles. The summed E-state index contributed by atoms with van der Waals surface area (Å²) in [6.07, 6.45) is 5.37. The second kappa shape index (κ2) is 8.17. The van der Waals surface area contributed by atoms with Crippen molar-refractivity contribution < 1.29 is 13.2 Å². The SMILES string of the molecule is O=C(c1ccc(S(=O)(=O)Cc2ccccc2)cc1)N1CCCC1c1cccnc1. The molecule has 6 heteroatoms. The summed E-state index contributed by atoms with van der Waals surface area (Å²) in [7, 11) is -3.46. The minimum absolute atomic E-state index is 0.0117. The van der Waals surface area contributed by atoms with Crippen LogP contribution >= 0.6 is 0 Å². The van der Waals surface area contributed by atoms with Gasteiger partial charge in [0.15, 0.2) is 9.84 Å². The molecule has 0 saturated carbocycles. The third-order valence-corrected chi connectivity index (χ3v) is 6.95. The van der Waals surface area contributed by atoms with Crippen LogP contribution in [0.15, 0.2) is 84.0 Å². The van der Waals surface area contributed by atoms with Gasteiger partial charge in [0.05, 0.1) is 16.7 Å². The number of likely N-dealkylation sites (tertiary alicyclic amines) is 1. The third-order valence-electron chi connectivity index (χ3n) is 5.24. The van der Waals surface area contributed by atoms with Crippen molar-refractivity contribution in [1.29, 1.82) is 0 Å². The van der Waals surface area contributed by atoms with Gasteiger partial charge in [-0.25, -0.2) is 8.42 Å². The van der Waals surface area contributed by atoms with E-state index in [2.05, 4.69) is 4.98 Å². The number of nitrogens with zero attached hydrogens (tertiary/aromatic N) is 2. The smallest absolute Gasteiger partial charge is 0.254 e. The van der Waals surface area contributed by atoms with E-state index in [4.69, 9.17) is 0 Å². The number of sulfone groups is 1. The standard InChI is InChI=1S/C23H22N2O3S/c26-23(25-15-5-9-22(25)20-8-4-14-24-16-20)19-10-12-21(13-11-19)29(27,28)17-18-6-2-1-3-7-18/h1-4,6-8,10-14,16,22H,5,9,15,17H2. The number of carbonyl (C=O) groups excluding carboxylic acids is 1. The molecule has 29 heavy (non-hydrogen) atoms. The molecule has 1 atom stereocenters. The summed E-state index contributed by atoms with van der Waals surface area (Å²) in [5.41, 5.74) is 2.27. The fraction of sp³-hybridized carbons (Fsp3) is 0.217. The topological polar surface area (TPSA) is 67.3 Å². The minimum Gasteiger partial charge on any atom is -0.332 e. The first kappa shape index (κ1) is 19.3. The molecule has 3 aromatic rings. The summed E-state index contributed by atoms with van der Waals surface area (Å²) in [5.74, 6) is -0.139. The molecule has 1 saturated heterocycles. The highest BCUT2D eigenvalue weighted by Crippen LogP contribution is 2.32. The highest BCUT2D eigenvalue weighted by Gasteiger charge is 2.30. The quantitative estimate of drug-likeness (QED) is 0.642. The Morgan fingerprint density at radius 3 is 2.45 bits per heavy atom. The fourth-order valence-electron chi connectivity index (χ4n) is 3.78. The monoisotopic (exact) mass is 406 g/mol. The first-order chi connectivity index (χ1) is 14.0. The molecule has 4 rings (SSSR count). The minimum atomic E-state index is -3.46. The van der Waals surface area contributed by atoms with E-state index in [1.54, 1.807) is 36.7 Å². The van der Waals surface area contributed by atoms with Crippen LogP contribution in [-0.2, 0) is 15.6 Å². The van der Waals surface area contributed by atoms with Gasteiger partial charge in [-0.1, -0.05) is 36.4 Å². The van der Waals surface area contributed by atoms with Gasteiger partial charge in [-0.15, -0.1) is 0 Å². The summed E-state index contributed by atoms with van der Waals surface area (Å²) >= 11 is 0. The lowest BCUT2D eigenvalue weighted by molar-refractivity contribution is 0.0735. The molecule has 1 unspecified atom stereocenters. The Balaban J connectivity index is 1.52. The molecule has 1 amide bonds. The Morgan fingerprint density at radius 2 is 1.76 bits per heavy atom. The molecule has 0 bridgehead atoms. The van der Waals surface area contributed by atoms with Crippen molar-refractivity contribution in [3.05, 3.63) is 95.8 Å². The Hall–Kier alpha value is -2.99. The van der Waals surface area contributed by atoms with E-state index in [9.17, 15) is 13.2 Å². The van der Waals surface area contributed by atoms with Gasteiger partial charge < -0.3 is 4.90 Å². The fourth-order valence-corrected chi connectivity index (χ4v) is 5.13. The average Bonchev–Trinajstić information content (AvgIpc) is 3.24. The predicted molar refractivity (Wildman–Crippen MR) is 111 cm³/mol. The molecule has 2 heterocycles. The zero-order valence-corrected chi connectivity index (χ0v) is 16.8. The highest BCUT2D eigenvalue weighted by molar-refractivity contribution is 7.90. The van der Waals surface area contributed by atoms with E-state index in [0.717, 1.165) is 24.0 Å². The van der Waals surface area contributed by atoms with Crippen LogP contribution in [0, 0.1) is 0 Å². The summed E-state index contributed by atoms with van der Waals surface area (Å²) in [6.45, 7) is 0.687. The van der Waals surface area contributed by atoms with Gasteiger partial charge in [-0.3, -0.25) is 9.78 Å². The molecule has 0 N–H and O–H groups in total. The summed E-state index contributed by atoms with van der Waals surface area (Å²) in [4.78, 5) is 19.3. The second-order valence-electron chi connectivity index (χ2n) is 7.21. The van der Waals surface area contributed by atoms with Crippen LogP contribution in [0.4, 0.5) is 0 Å². The second-order valence-corrected chi connectivity index (χ2v) is 9.20. The van der Waals surface area contributed by atoms with Gasteiger partial charge in [0, 0.05) is 24.5 Å². The molecular formula is C23H22N2O3S. The van der Waals surface area contributed by atoms with Crippen molar-refractivity contribution in [3.63, 3.8) is 0 Å². The van der Waals surface area contributed by atoms with E-state index < -0.39 is 9.84 Å². The largest absolute Gasteiger partial charge is 0.332 e. The number of hydrogen-bond acceptors (Lipinski definition) is 4. The van der Waals surface area contributed by atoms with E-state index in [0.29, 0.717) is 12.1 Å². The normalized spacial score (nSPS) is 16.7. The van der Waals surface area contributed by atoms with Gasteiger partial charge in [-0.2, -0.15) is 0 Å².